The van der Waals surface area contributed by atoms with E-state index in [4.69, 9.17) is 4.42 Å². The van der Waals surface area contributed by atoms with Gasteiger partial charge >= 0.3 is 0 Å². The summed E-state index contributed by atoms with van der Waals surface area (Å²) in [5, 5.41) is 4.80. The van der Waals surface area contributed by atoms with Crippen molar-refractivity contribution in [1.82, 2.24) is 4.57 Å². The summed E-state index contributed by atoms with van der Waals surface area (Å²) in [5.74, 6) is 0. The summed E-state index contributed by atoms with van der Waals surface area (Å²) in [6.45, 7) is 0. The average Bonchev–Trinajstić information content (AvgIpc) is 3.91. The third-order valence-electron chi connectivity index (χ3n) is 12.4. The van der Waals surface area contributed by atoms with Gasteiger partial charge in [-0.2, -0.15) is 0 Å². The number of benzene rings is 10. The molecule has 3 nitrogen and oxygen atoms in total. The van der Waals surface area contributed by atoms with Crippen molar-refractivity contribution in [3.05, 3.63) is 243 Å². The first kappa shape index (κ1) is 36.5. The van der Waals surface area contributed by atoms with E-state index in [-0.39, 0.29) is 0 Å². The molecule has 0 N–H and O–H groups in total. The number of hydrogen-bond donors (Lipinski definition) is 0. The van der Waals surface area contributed by atoms with Crippen LogP contribution in [0.25, 0.3) is 93.9 Å². The Morgan fingerprint density at radius 1 is 0.317 bits per heavy atom. The minimum atomic E-state index is 0.902. The van der Waals surface area contributed by atoms with Crippen molar-refractivity contribution in [2.75, 3.05) is 4.90 Å². The van der Waals surface area contributed by atoms with Gasteiger partial charge in [-0.3, -0.25) is 0 Å². The molecule has 12 aromatic rings. The van der Waals surface area contributed by atoms with E-state index in [1.807, 2.05) is 12.1 Å². The molecular formula is C60H40N2O. The SMILES string of the molecule is c1ccc(-c2ccc(N(c3ccc(-c4cccc(-n5c6ccccc6c6ccccc65)c4)cc3)c3ccccc3-c3ccc(-c4cccc5oc6ccccc6c45)cc3)cc2)cc1. The van der Waals surface area contributed by atoms with E-state index in [1.54, 1.807) is 0 Å². The standard InChI is InChI=1S/C60H40N2O/c1-2-14-41(15-3-1)42-32-36-47(37-33-42)61(48-38-34-43(35-39-48)46-16-12-17-49(40-46)62-56-24-9-5-19-52(56)53-20-6-10-25-57(53)62)55-23-8-4-18-50(55)44-28-30-45(31-29-44)51-22-13-27-59-60(51)54-21-7-11-26-58(54)63-59/h1-40H. The Hall–Kier alpha value is -8.40. The maximum absolute atomic E-state index is 6.24. The van der Waals surface area contributed by atoms with E-state index in [1.165, 1.54) is 38.5 Å². The highest BCUT2D eigenvalue weighted by atomic mass is 16.3. The van der Waals surface area contributed by atoms with Crippen molar-refractivity contribution < 1.29 is 4.42 Å². The van der Waals surface area contributed by atoms with Gasteiger partial charge in [0, 0.05) is 44.2 Å². The normalized spacial score (nSPS) is 11.5. The molecule has 0 amide bonds. The fourth-order valence-electron chi connectivity index (χ4n) is 9.45. The molecular weight excluding hydrogens is 765 g/mol. The van der Waals surface area contributed by atoms with Crippen LogP contribution in [0.15, 0.2) is 247 Å². The van der Waals surface area contributed by atoms with Gasteiger partial charge in [0.1, 0.15) is 11.2 Å². The monoisotopic (exact) mass is 804 g/mol. The van der Waals surface area contributed by atoms with Crippen LogP contribution >= 0.6 is 0 Å². The first-order valence-corrected chi connectivity index (χ1v) is 21.5. The van der Waals surface area contributed by atoms with Gasteiger partial charge in [-0.05, 0) is 106 Å². The molecule has 0 atom stereocenters. The first-order valence-electron chi connectivity index (χ1n) is 21.5. The molecule has 0 saturated heterocycles. The van der Waals surface area contributed by atoms with Gasteiger partial charge in [0.25, 0.3) is 0 Å². The second-order valence-electron chi connectivity index (χ2n) is 16.1. The van der Waals surface area contributed by atoms with Gasteiger partial charge in [0.15, 0.2) is 0 Å². The van der Waals surface area contributed by atoms with Crippen LogP contribution in [-0.4, -0.2) is 4.57 Å². The van der Waals surface area contributed by atoms with Crippen molar-refractivity contribution in [3.8, 4) is 50.2 Å². The number of fused-ring (bicyclic) bond motifs is 6. The maximum atomic E-state index is 6.24. The van der Waals surface area contributed by atoms with Crippen LogP contribution in [0.5, 0.6) is 0 Å². The van der Waals surface area contributed by atoms with Gasteiger partial charge in [0.2, 0.25) is 0 Å². The second kappa shape index (κ2) is 15.3. The third-order valence-corrected chi connectivity index (χ3v) is 12.4. The average molecular weight is 805 g/mol. The van der Waals surface area contributed by atoms with Crippen LogP contribution in [0.3, 0.4) is 0 Å². The molecule has 2 aromatic heterocycles. The summed E-state index contributed by atoms with van der Waals surface area (Å²) >= 11 is 0. The molecule has 0 spiro atoms. The van der Waals surface area contributed by atoms with Gasteiger partial charge in [-0.1, -0.05) is 176 Å². The van der Waals surface area contributed by atoms with Gasteiger partial charge in [-0.25, -0.2) is 0 Å². The Labute approximate surface area is 366 Å². The van der Waals surface area contributed by atoms with Crippen molar-refractivity contribution in [2.45, 2.75) is 0 Å². The molecule has 0 saturated carbocycles. The summed E-state index contributed by atoms with van der Waals surface area (Å²) in [5.41, 5.74) is 17.9. The lowest BCUT2D eigenvalue weighted by atomic mass is 9.96. The Morgan fingerprint density at radius 2 is 0.794 bits per heavy atom. The zero-order valence-electron chi connectivity index (χ0n) is 34.4. The fraction of sp³-hybridized carbons (Fsp3) is 0. The zero-order valence-corrected chi connectivity index (χ0v) is 34.4. The van der Waals surface area contributed by atoms with E-state index < -0.39 is 0 Å². The summed E-state index contributed by atoms with van der Waals surface area (Å²) in [4.78, 5) is 2.38. The third kappa shape index (κ3) is 6.38. The lowest BCUT2D eigenvalue weighted by Crippen LogP contribution is -2.11. The molecule has 10 aromatic carbocycles. The van der Waals surface area contributed by atoms with Gasteiger partial charge < -0.3 is 13.9 Å². The van der Waals surface area contributed by atoms with Crippen LogP contribution in [0.4, 0.5) is 17.1 Å². The summed E-state index contributed by atoms with van der Waals surface area (Å²) in [7, 11) is 0. The minimum Gasteiger partial charge on any atom is -0.456 e. The number of rotatable bonds is 8. The molecule has 296 valence electrons. The molecule has 0 radical (unpaired) electrons. The molecule has 0 unspecified atom stereocenters. The number of hydrogen-bond acceptors (Lipinski definition) is 2. The fourth-order valence-corrected chi connectivity index (χ4v) is 9.45. The highest BCUT2D eigenvalue weighted by Gasteiger charge is 2.19. The Balaban J connectivity index is 0.938. The highest BCUT2D eigenvalue weighted by molar-refractivity contribution is 6.12. The Morgan fingerprint density at radius 3 is 1.49 bits per heavy atom. The van der Waals surface area contributed by atoms with Gasteiger partial charge in [0.05, 0.1) is 16.7 Å². The van der Waals surface area contributed by atoms with Crippen LogP contribution in [0.2, 0.25) is 0 Å². The van der Waals surface area contributed by atoms with Gasteiger partial charge in [-0.15, -0.1) is 0 Å². The molecule has 63 heavy (non-hydrogen) atoms. The van der Waals surface area contributed by atoms with E-state index >= 15 is 0 Å². The number of aromatic nitrogens is 1. The van der Waals surface area contributed by atoms with E-state index in [9.17, 15) is 0 Å². The summed E-state index contributed by atoms with van der Waals surface area (Å²) in [6.07, 6.45) is 0. The first-order chi connectivity index (χ1) is 31.2. The molecule has 12 rings (SSSR count). The lowest BCUT2D eigenvalue weighted by Gasteiger charge is -2.28. The molecule has 0 aliphatic carbocycles. The van der Waals surface area contributed by atoms with Crippen molar-refractivity contribution in [3.63, 3.8) is 0 Å². The van der Waals surface area contributed by atoms with Crippen LogP contribution in [0, 0.1) is 0 Å². The second-order valence-corrected chi connectivity index (χ2v) is 16.1. The summed E-state index contributed by atoms with van der Waals surface area (Å²) < 4.78 is 8.62. The van der Waals surface area contributed by atoms with Crippen LogP contribution < -0.4 is 4.90 Å². The molecule has 0 aliphatic heterocycles. The highest BCUT2D eigenvalue weighted by Crippen LogP contribution is 2.43. The topological polar surface area (TPSA) is 21.3 Å². The minimum absolute atomic E-state index is 0.902. The number of furan rings is 1. The summed E-state index contributed by atoms with van der Waals surface area (Å²) in [6, 6.07) is 87.1. The van der Waals surface area contributed by atoms with Crippen molar-refractivity contribution >= 4 is 60.8 Å². The molecule has 0 fully saturated rings. The Kier molecular flexibility index (Phi) is 8.83. The smallest absolute Gasteiger partial charge is 0.136 e. The van der Waals surface area contributed by atoms with E-state index in [0.717, 1.165) is 72.5 Å². The van der Waals surface area contributed by atoms with Crippen LogP contribution in [0.1, 0.15) is 0 Å². The van der Waals surface area contributed by atoms with Crippen LogP contribution in [-0.2, 0) is 0 Å². The quantitative estimate of drug-likeness (QED) is 0.153. The molecule has 0 bridgehead atoms. The molecule has 2 heterocycles. The van der Waals surface area contributed by atoms with E-state index in [0.29, 0.717) is 0 Å². The van der Waals surface area contributed by atoms with Crippen molar-refractivity contribution in [1.29, 1.82) is 0 Å². The predicted molar refractivity (Wildman–Crippen MR) is 264 cm³/mol. The molecule has 0 aliphatic rings. The Bertz CT molecular complexity index is 3550. The maximum Gasteiger partial charge on any atom is 0.136 e. The largest absolute Gasteiger partial charge is 0.456 e. The predicted octanol–water partition coefficient (Wildman–Crippen LogP) is 16.8. The lowest BCUT2D eigenvalue weighted by molar-refractivity contribution is 0.669. The zero-order chi connectivity index (χ0) is 41.7. The number of anilines is 3. The number of para-hydroxylation sites is 4. The molecule has 3 heteroatoms. The number of nitrogens with zero attached hydrogens (tertiary/aromatic N) is 2. The van der Waals surface area contributed by atoms with E-state index in [2.05, 4.69) is 240 Å². The van der Waals surface area contributed by atoms with Crippen molar-refractivity contribution in [2.24, 2.45) is 0 Å².